The van der Waals surface area contributed by atoms with Crippen molar-refractivity contribution in [3.63, 3.8) is 0 Å². The largest absolute Gasteiger partial charge is 0.323 e. The van der Waals surface area contributed by atoms with Gasteiger partial charge >= 0.3 is 0 Å². The average molecular weight is 354 g/mol. The molecule has 7 nitrogen and oxygen atoms in total. The van der Waals surface area contributed by atoms with E-state index in [0.29, 0.717) is 28.6 Å². The van der Waals surface area contributed by atoms with Gasteiger partial charge in [0.1, 0.15) is 12.4 Å². The zero-order chi connectivity index (χ0) is 18.8. The van der Waals surface area contributed by atoms with Gasteiger partial charge in [-0.2, -0.15) is 0 Å². The number of hydrogen-bond donors (Lipinski definition) is 2. The van der Waals surface area contributed by atoms with Crippen LogP contribution in [0.25, 0.3) is 0 Å². The maximum atomic E-state index is 12.7. The lowest BCUT2D eigenvalue weighted by Gasteiger charge is -2.29. The van der Waals surface area contributed by atoms with E-state index in [1.54, 1.807) is 6.92 Å². The molecule has 1 aromatic heterocycles. The number of carbonyl (C=O) groups excluding carboxylic acids is 2. The molecule has 136 valence electrons. The monoisotopic (exact) mass is 354 g/mol. The first-order valence-electron chi connectivity index (χ1n) is 8.63. The predicted octanol–water partition coefficient (Wildman–Crippen LogP) is 1.43. The van der Waals surface area contributed by atoms with Crippen molar-refractivity contribution in [1.29, 1.82) is 0 Å². The molecule has 7 heteroatoms. The number of aryl methyl sites for hydroxylation is 1. The first kappa shape index (κ1) is 17.8. The number of carbonyl (C=O) groups is 2. The van der Waals surface area contributed by atoms with Crippen molar-refractivity contribution >= 4 is 11.8 Å². The number of aromatic amines is 1. The van der Waals surface area contributed by atoms with Crippen molar-refractivity contribution in [2.75, 3.05) is 6.54 Å². The van der Waals surface area contributed by atoms with Crippen LogP contribution in [0.15, 0.2) is 41.5 Å². The van der Waals surface area contributed by atoms with Crippen LogP contribution in [0.5, 0.6) is 0 Å². The van der Waals surface area contributed by atoms with E-state index in [1.165, 1.54) is 17.1 Å². The van der Waals surface area contributed by atoms with E-state index in [0.717, 1.165) is 18.7 Å². The molecule has 0 saturated heterocycles. The molecule has 0 atom stereocenters. The molecule has 2 heterocycles. The third-order valence-electron chi connectivity index (χ3n) is 4.63. The third-order valence-corrected chi connectivity index (χ3v) is 4.63. The fourth-order valence-electron chi connectivity index (χ4n) is 3.07. The third kappa shape index (κ3) is 3.51. The van der Waals surface area contributed by atoms with E-state index in [9.17, 15) is 14.4 Å². The summed E-state index contributed by atoms with van der Waals surface area (Å²) in [7, 11) is 0. The smallest absolute Gasteiger partial charge is 0.254 e. The van der Waals surface area contributed by atoms with Crippen molar-refractivity contribution in [2.24, 2.45) is 0 Å². The van der Waals surface area contributed by atoms with Gasteiger partial charge in [0.15, 0.2) is 0 Å². The van der Waals surface area contributed by atoms with Crippen LogP contribution in [0.1, 0.15) is 42.3 Å². The van der Waals surface area contributed by atoms with E-state index < -0.39 is 0 Å². The summed E-state index contributed by atoms with van der Waals surface area (Å²) in [6.45, 7) is 9.06. The lowest BCUT2D eigenvalue weighted by atomic mass is 10.1. The number of rotatable bonds is 6. The van der Waals surface area contributed by atoms with Gasteiger partial charge in [-0.3, -0.25) is 14.4 Å². The fourth-order valence-corrected chi connectivity index (χ4v) is 3.07. The standard InChI is InChI=1S/C19H22N4O3/c1-4-14-15(5-2)23(10-16(24)21-14)17(25)9-8-13-11(3)20-18(12-6-7-12)22-19(13)26/h4-5,12H,1-2,6-10H2,3H3,(H,21,24)(H,20,22,26). The summed E-state index contributed by atoms with van der Waals surface area (Å²) in [4.78, 5) is 45.5. The van der Waals surface area contributed by atoms with Gasteiger partial charge in [-0.05, 0) is 38.3 Å². The van der Waals surface area contributed by atoms with Gasteiger partial charge in [0.05, 0.1) is 11.4 Å². The molecule has 0 unspecified atom stereocenters. The lowest BCUT2D eigenvalue weighted by Crippen LogP contribution is -2.45. The molecular weight excluding hydrogens is 332 g/mol. The number of amides is 2. The molecule has 1 aliphatic heterocycles. The molecule has 1 saturated carbocycles. The minimum absolute atomic E-state index is 0.0776. The van der Waals surface area contributed by atoms with Crippen molar-refractivity contribution in [3.8, 4) is 0 Å². The maximum absolute atomic E-state index is 12.7. The summed E-state index contributed by atoms with van der Waals surface area (Å²) in [6, 6.07) is 0. The van der Waals surface area contributed by atoms with E-state index in [1.807, 2.05) is 0 Å². The van der Waals surface area contributed by atoms with E-state index in [2.05, 4.69) is 28.4 Å². The Morgan fingerprint density at radius 1 is 1.31 bits per heavy atom. The first-order valence-corrected chi connectivity index (χ1v) is 8.63. The summed E-state index contributed by atoms with van der Waals surface area (Å²) in [6.07, 6.45) is 5.47. The van der Waals surface area contributed by atoms with Gasteiger partial charge in [0.25, 0.3) is 5.56 Å². The maximum Gasteiger partial charge on any atom is 0.254 e. The molecule has 2 amide bonds. The molecule has 3 rings (SSSR count). The molecule has 2 aliphatic rings. The molecule has 2 N–H and O–H groups in total. The lowest BCUT2D eigenvalue weighted by molar-refractivity contribution is -0.134. The van der Waals surface area contributed by atoms with E-state index >= 15 is 0 Å². The number of nitrogens with zero attached hydrogens (tertiary/aromatic N) is 2. The Kier molecular flexibility index (Phi) is 4.88. The normalized spacial score (nSPS) is 17.1. The first-order chi connectivity index (χ1) is 12.4. The number of allylic oxidation sites excluding steroid dienone is 2. The second-order valence-electron chi connectivity index (χ2n) is 6.52. The molecule has 1 aromatic rings. The van der Waals surface area contributed by atoms with Crippen LogP contribution in [0, 0.1) is 6.92 Å². The molecule has 1 fully saturated rings. The fraction of sp³-hybridized carbons (Fsp3) is 0.368. The highest BCUT2D eigenvalue weighted by Gasteiger charge is 2.28. The second-order valence-corrected chi connectivity index (χ2v) is 6.52. The minimum atomic E-state index is -0.289. The van der Waals surface area contributed by atoms with E-state index in [-0.39, 0.29) is 36.8 Å². The zero-order valence-electron chi connectivity index (χ0n) is 14.8. The van der Waals surface area contributed by atoms with Crippen LogP contribution in [0.4, 0.5) is 0 Å². The molecule has 0 radical (unpaired) electrons. The van der Waals surface area contributed by atoms with Crippen LogP contribution >= 0.6 is 0 Å². The molecule has 0 aromatic carbocycles. The Labute approximate surface area is 151 Å². The Bertz CT molecular complexity index is 877. The molecule has 0 bridgehead atoms. The van der Waals surface area contributed by atoms with Crippen molar-refractivity contribution < 1.29 is 9.59 Å². The summed E-state index contributed by atoms with van der Waals surface area (Å²) >= 11 is 0. The Morgan fingerprint density at radius 2 is 2.04 bits per heavy atom. The SMILES string of the molecule is C=CC1=C(C=C)N(C(=O)CCc2c(C)nc(C3CC3)[nH]c2=O)CC(=O)N1. The van der Waals surface area contributed by atoms with Gasteiger partial charge in [0, 0.05) is 23.6 Å². The second kappa shape index (κ2) is 7.11. The van der Waals surface area contributed by atoms with Crippen LogP contribution in [-0.2, 0) is 16.0 Å². The Morgan fingerprint density at radius 3 is 2.62 bits per heavy atom. The van der Waals surface area contributed by atoms with Crippen molar-refractivity contribution in [1.82, 2.24) is 20.2 Å². The number of aromatic nitrogens is 2. The van der Waals surface area contributed by atoms with Crippen LogP contribution in [-0.4, -0.2) is 33.2 Å². The van der Waals surface area contributed by atoms with Crippen LogP contribution in [0.2, 0.25) is 0 Å². The number of H-pyrrole nitrogens is 1. The molecule has 26 heavy (non-hydrogen) atoms. The van der Waals surface area contributed by atoms with Crippen molar-refractivity contribution in [2.45, 2.75) is 38.5 Å². The van der Waals surface area contributed by atoms with Gasteiger partial charge in [-0.25, -0.2) is 4.98 Å². The summed E-state index contributed by atoms with van der Waals surface area (Å²) < 4.78 is 0. The predicted molar refractivity (Wildman–Crippen MR) is 97.2 cm³/mol. The number of hydrogen-bond acceptors (Lipinski definition) is 4. The highest BCUT2D eigenvalue weighted by Crippen LogP contribution is 2.37. The zero-order valence-corrected chi connectivity index (χ0v) is 14.8. The highest BCUT2D eigenvalue weighted by atomic mass is 16.2. The van der Waals surface area contributed by atoms with E-state index in [4.69, 9.17) is 0 Å². The molecular formula is C19H22N4O3. The minimum Gasteiger partial charge on any atom is -0.323 e. The van der Waals surface area contributed by atoms with Gasteiger partial charge < -0.3 is 15.2 Å². The molecule has 1 aliphatic carbocycles. The van der Waals surface area contributed by atoms with Gasteiger partial charge in [0.2, 0.25) is 11.8 Å². The number of nitrogens with one attached hydrogen (secondary N) is 2. The summed E-state index contributed by atoms with van der Waals surface area (Å²) in [5, 5.41) is 2.66. The highest BCUT2D eigenvalue weighted by molar-refractivity contribution is 5.90. The Balaban J connectivity index is 1.76. The summed E-state index contributed by atoms with van der Waals surface area (Å²) in [5.74, 6) is 0.562. The molecule has 0 spiro atoms. The van der Waals surface area contributed by atoms with Crippen molar-refractivity contribution in [3.05, 3.63) is 64.1 Å². The summed E-state index contributed by atoms with van der Waals surface area (Å²) in [5.41, 5.74) is 1.95. The topological polar surface area (TPSA) is 95.2 Å². The van der Waals surface area contributed by atoms with Gasteiger partial charge in [-0.1, -0.05) is 13.2 Å². The Hall–Kier alpha value is -2.96. The average Bonchev–Trinajstić information content (AvgIpc) is 3.44. The van der Waals surface area contributed by atoms with Crippen LogP contribution in [0.3, 0.4) is 0 Å². The van der Waals surface area contributed by atoms with Gasteiger partial charge in [-0.15, -0.1) is 0 Å². The quantitative estimate of drug-likeness (QED) is 0.808. The van der Waals surface area contributed by atoms with Crippen LogP contribution < -0.4 is 10.9 Å².